The molecule has 8 nitrogen and oxygen atoms in total. The lowest BCUT2D eigenvalue weighted by Crippen LogP contribution is -2.37. The number of rotatable bonds is 7. The Morgan fingerprint density at radius 1 is 1.43 bits per heavy atom. The van der Waals surface area contributed by atoms with Gasteiger partial charge in [0, 0.05) is 12.7 Å². The maximum absolute atomic E-state index is 11.3. The minimum atomic E-state index is -1.55. The number of carbonyl (C=O) groups excluding carboxylic acids is 1. The van der Waals surface area contributed by atoms with Gasteiger partial charge in [0.15, 0.2) is 0 Å². The van der Waals surface area contributed by atoms with Gasteiger partial charge in [0.05, 0.1) is 25.4 Å². The molecule has 0 aliphatic heterocycles. The van der Waals surface area contributed by atoms with E-state index in [-0.39, 0.29) is 0 Å². The van der Waals surface area contributed by atoms with Gasteiger partial charge >= 0.3 is 13.2 Å². The number of carbonyl (C=O) groups is 1. The van der Waals surface area contributed by atoms with Crippen LogP contribution in [-0.4, -0.2) is 58.4 Å². The van der Waals surface area contributed by atoms with Crippen LogP contribution in [0.4, 0.5) is 4.79 Å². The van der Waals surface area contributed by atoms with Crippen LogP contribution in [0.25, 0.3) is 0 Å². The number of aromatic nitrogens is 2. The van der Waals surface area contributed by atoms with Gasteiger partial charge in [0.1, 0.15) is 5.60 Å². The zero-order valence-electron chi connectivity index (χ0n) is 12.6. The van der Waals surface area contributed by atoms with Crippen LogP contribution in [0.5, 0.6) is 0 Å². The van der Waals surface area contributed by atoms with Gasteiger partial charge in [-0.1, -0.05) is 0 Å². The second-order valence-corrected chi connectivity index (χ2v) is 5.39. The molecule has 0 aromatic carbocycles. The second kappa shape index (κ2) is 8.01. The minimum absolute atomic E-state index is 0.311. The highest BCUT2D eigenvalue weighted by Gasteiger charge is 2.16. The first-order chi connectivity index (χ1) is 9.79. The molecule has 1 aromatic heterocycles. The van der Waals surface area contributed by atoms with Crippen molar-refractivity contribution in [2.75, 3.05) is 19.8 Å². The van der Waals surface area contributed by atoms with E-state index in [0.717, 1.165) is 0 Å². The molecule has 0 aliphatic rings. The summed E-state index contributed by atoms with van der Waals surface area (Å²) in [6, 6.07) is 1.52. The second-order valence-electron chi connectivity index (χ2n) is 5.39. The predicted molar refractivity (Wildman–Crippen MR) is 77.1 cm³/mol. The van der Waals surface area contributed by atoms with Crippen molar-refractivity contribution in [3.63, 3.8) is 0 Å². The molecule has 0 spiro atoms. The van der Waals surface area contributed by atoms with Gasteiger partial charge in [-0.15, -0.1) is 0 Å². The zero-order chi connectivity index (χ0) is 15.9. The van der Waals surface area contributed by atoms with Crippen molar-refractivity contribution in [3.05, 3.63) is 12.3 Å². The van der Waals surface area contributed by atoms with Crippen molar-refractivity contribution in [3.8, 4) is 0 Å². The summed E-state index contributed by atoms with van der Waals surface area (Å²) in [5.41, 5.74) is -0.211. The van der Waals surface area contributed by atoms with Crippen LogP contribution in [0.3, 0.4) is 0 Å². The number of alkyl carbamates (subject to hydrolysis) is 1. The number of amides is 1. The molecule has 3 N–H and O–H groups in total. The van der Waals surface area contributed by atoms with Gasteiger partial charge < -0.3 is 24.8 Å². The standard InChI is InChI=1S/C12H22BN3O5/c1-12(2,3)21-11(17)14-6-8-20-9-7-16-10(13(18)19)4-5-15-16/h4-5,18-19H,6-9H2,1-3H3,(H,14,17). The number of hydrogen-bond acceptors (Lipinski definition) is 6. The molecular formula is C12H22BN3O5. The van der Waals surface area contributed by atoms with E-state index < -0.39 is 18.8 Å². The lowest BCUT2D eigenvalue weighted by atomic mass is 9.86. The Bertz CT molecular complexity index is 444. The third-order valence-corrected chi connectivity index (χ3v) is 2.38. The van der Waals surface area contributed by atoms with Crippen LogP contribution in [0.2, 0.25) is 0 Å². The summed E-state index contributed by atoms with van der Waals surface area (Å²) in [7, 11) is -1.55. The average Bonchev–Trinajstić information content (AvgIpc) is 2.79. The van der Waals surface area contributed by atoms with E-state index in [0.29, 0.717) is 31.9 Å². The first-order valence-electron chi connectivity index (χ1n) is 6.72. The molecule has 1 aromatic rings. The third kappa shape index (κ3) is 7.12. The van der Waals surface area contributed by atoms with Crippen LogP contribution in [0.1, 0.15) is 20.8 Å². The molecule has 0 bridgehead atoms. The molecule has 0 saturated carbocycles. The van der Waals surface area contributed by atoms with Crippen molar-refractivity contribution >= 4 is 18.8 Å². The van der Waals surface area contributed by atoms with E-state index in [1.54, 1.807) is 20.8 Å². The molecule has 0 fully saturated rings. The minimum Gasteiger partial charge on any atom is -0.444 e. The fraction of sp³-hybridized carbons (Fsp3) is 0.667. The molecule has 0 aliphatic carbocycles. The van der Waals surface area contributed by atoms with E-state index in [4.69, 9.17) is 19.5 Å². The summed E-state index contributed by atoms with van der Waals surface area (Å²) in [5, 5.41) is 24.7. The van der Waals surface area contributed by atoms with Crippen molar-refractivity contribution in [2.24, 2.45) is 0 Å². The van der Waals surface area contributed by atoms with Crippen LogP contribution >= 0.6 is 0 Å². The van der Waals surface area contributed by atoms with E-state index in [1.807, 2.05) is 0 Å². The van der Waals surface area contributed by atoms with Crippen molar-refractivity contribution < 1.29 is 24.3 Å². The van der Waals surface area contributed by atoms with Gasteiger partial charge in [-0.05, 0) is 26.8 Å². The van der Waals surface area contributed by atoms with Crippen LogP contribution in [0.15, 0.2) is 12.3 Å². The number of hydrogen-bond donors (Lipinski definition) is 3. The average molecular weight is 299 g/mol. The van der Waals surface area contributed by atoms with Crippen molar-refractivity contribution in [1.29, 1.82) is 0 Å². The number of nitrogens with zero attached hydrogens (tertiary/aromatic N) is 2. The highest BCUT2D eigenvalue weighted by atomic mass is 16.6. The highest BCUT2D eigenvalue weighted by molar-refractivity contribution is 6.57. The van der Waals surface area contributed by atoms with Gasteiger partial charge in [-0.2, -0.15) is 5.10 Å². The molecule has 1 heterocycles. The Kier molecular flexibility index (Phi) is 6.67. The van der Waals surface area contributed by atoms with Gasteiger partial charge in [0.25, 0.3) is 0 Å². The Morgan fingerprint density at radius 3 is 2.76 bits per heavy atom. The summed E-state index contributed by atoms with van der Waals surface area (Å²) in [5.74, 6) is 0. The Hall–Kier alpha value is -1.58. The van der Waals surface area contributed by atoms with Crippen molar-refractivity contribution in [1.82, 2.24) is 15.1 Å². The largest absolute Gasteiger partial charge is 0.507 e. The molecule has 1 rings (SSSR count). The first kappa shape index (κ1) is 17.5. The number of nitrogens with one attached hydrogen (secondary N) is 1. The van der Waals surface area contributed by atoms with Crippen LogP contribution in [-0.2, 0) is 16.0 Å². The Morgan fingerprint density at radius 2 is 2.14 bits per heavy atom. The third-order valence-electron chi connectivity index (χ3n) is 2.38. The summed E-state index contributed by atoms with van der Waals surface area (Å²) >= 11 is 0. The lowest BCUT2D eigenvalue weighted by molar-refractivity contribution is 0.0496. The molecule has 21 heavy (non-hydrogen) atoms. The topological polar surface area (TPSA) is 106 Å². The summed E-state index contributed by atoms with van der Waals surface area (Å²) in [4.78, 5) is 11.3. The van der Waals surface area contributed by atoms with Gasteiger partial charge in [-0.25, -0.2) is 4.79 Å². The summed E-state index contributed by atoms with van der Waals surface area (Å²) < 4.78 is 11.8. The highest BCUT2D eigenvalue weighted by Crippen LogP contribution is 2.05. The zero-order valence-corrected chi connectivity index (χ0v) is 12.6. The molecule has 9 heteroatoms. The molecule has 0 atom stereocenters. The van der Waals surface area contributed by atoms with Crippen LogP contribution < -0.4 is 10.9 Å². The summed E-state index contributed by atoms with van der Waals surface area (Å²) in [6.07, 6.45) is 1.00. The fourth-order valence-corrected chi connectivity index (χ4v) is 1.54. The maximum atomic E-state index is 11.3. The summed E-state index contributed by atoms with van der Waals surface area (Å²) in [6.45, 7) is 6.78. The smallest absolute Gasteiger partial charge is 0.444 e. The van der Waals surface area contributed by atoms with E-state index in [1.165, 1.54) is 16.9 Å². The van der Waals surface area contributed by atoms with E-state index in [2.05, 4.69) is 10.4 Å². The lowest BCUT2D eigenvalue weighted by Gasteiger charge is -2.19. The molecule has 118 valence electrons. The van der Waals surface area contributed by atoms with Crippen molar-refractivity contribution in [2.45, 2.75) is 32.9 Å². The molecule has 0 unspecified atom stereocenters. The number of ether oxygens (including phenoxy) is 2. The van der Waals surface area contributed by atoms with Crippen LogP contribution in [0, 0.1) is 0 Å². The van der Waals surface area contributed by atoms with E-state index >= 15 is 0 Å². The predicted octanol–water partition coefficient (Wildman–Crippen LogP) is -0.896. The molecule has 1 amide bonds. The SMILES string of the molecule is CC(C)(C)OC(=O)NCCOCCn1nccc1B(O)O. The Balaban J connectivity index is 2.12. The molecule has 0 saturated heterocycles. The monoisotopic (exact) mass is 299 g/mol. The molecular weight excluding hydrogens is 277 g/mol. The van der Waals surface area contributed by atoms with E-state index in [9.17, 15) is 4.79 Å². The maximum Gasteiger partial charge on any atom is 0.507 e. The van der Waals surface area contributed by atoms with Gasteiger partial charge in [-0.3, -0.25) is 4.68 Å². The molecule has 0 radical (unpaired) electrons. The fourth-order valence-electron chi connectivity index (χ4n) is 1.54. The Labute approximate surface area is 124 Å². The van der Waals surface area contributed by atoms with Gasteiger partial charge in [0.2, 0.25) is 0 Å². The normalized spacial score (nSPS) is 11.3. The quantitative estimate of drug-likeness (QED) is 0.445. The first-order valence-corrected chi connectivity index (χ1v) is 6.72.